The van der Waals surface area contributed by atoms with Gasteiger partial charge in [0.25, 0.3) is 0 Å². The first-order valence-electron chi connectivity index (χ1n) is 7.03. The number of rotatable bonds is 5. The molecule has 0 saturated heterocycles. The molecule has 1 fully saturated rings. The predicted molar refractivity (Wildman–Crippen MR) is 79.2 cm³/mol. The van der Waals surface area contributed by atoms with Crippen molar-refractivity contribution in [1.29, 1.82) is 0 Å². The fourth-order valence-corrected chi connectivity index (χ4v) is 2.58. The highest BCUT2D eigenvalue weighted by molar-refractivity contribution is 6.31. The number of carbonyl (C=O) groups is 1. The van der Waals surface area contributed by atoms with Gasteiger partial charge in [-0.25, -0.2) is 0 Å². The van der Waals surface area contributed by atoms with Crippen LogP contribution in [-0.4, -0.2) is 23.7 Å². The summed E-state index contributed by atoms with van der Waals surface area (Å²) in [5.41, 5.74) is 0.565. The van der Waals surface area contributed by atoms with Crippen LogP contribution in [0.1, 0.15) is 32.6 Å². The molecule has 4 nitrogen and oxygen atoms in total. The number of ether oxygens (including phenoxy) is 1. The van der Waals surface area contributed by atoms with Crippen LogP contribution in [0.4, 0.5) is 5.69 Å². The molecule has 0 radical (unpaired) electrons. The van der Waals surface area contributed by atoms with Crippen molar-refractivity contribution in [3.05, 3.63) is 23.2 Å². The van der Waals surface area contributed by atoms with E-state index in [1.54, 1.807) is 18.2 Å². The summed E-state index contributed by atoms with van der Waals surface area (Å²) in [6, 6.07) is 5.15. The minimum Gasteiger partial charge on any atom is -0.491 e. The number of nitrogens with one attached hydrogen (secondary N) is 1. The Kier molecular flexibility index (Phi) is 5.26. The molecule has 2 unspecified atom stereocenters. The van der Waals surface area contributed by atoms with Gasteiger partial charge in [-0.15, -0.1) is 0 Å². The molecule has 0 bridgehead atoms. The van der Waals surface area contributed by atoms with Gasteiger partial charge in [0.05, 0.1) is 24.3 Å². The molecule has 0 spiro atoms. The number of halogens is 1. The molecule has 1 aromatic rings. The van der Waals surface area contributed by atoms with Crippen molar-refractivity contribution in [3.63, 3.8) is 0 Å². The van der Waals surface area contributed by atoms with Crippen molar-refractivity contribution in [2.45, 2.75) is 38.7 Å². The van der Waals surface area contributed by atoms with Crippen LogP contribution in [0.25, 0.3) is 0 Å². The van der Waals surface area contributed by atoms with Crippen molar-refractivity contribution >= 4 is 23.2 Å². The Morgan fingerprint density at radius 2 is 2.30 bits per heavy atom. The standard InChI is InChI=1S/C15H20ClNO3/c1-2-8-20-14-7-6-10(16)9-12(14)17-15(19)11-4-3-5-13(11)18/h6-7,9,11,13,18H,2-5,8H2,1H3,(H,17,19). The van der Waals surface area contributed by atoms with Crippen molar-refractivity contribution in [1.82, 2.24) is 0 Å². The molecule has 1 saturated carbocycles. The summed E-state index contributed by atoms with van der Waals surface area (Å²) in [5.74, 6) is 0.101. The van der Waals surface area contributed by atoms with Crippen molar-refractivity contribution in [2.75, 3.05) is 11.9 Å². The Morgan fingerprint density at radius 1 is 1.50 bits per heavy atom. The monoisotopic (exact) mass is 297 g/mol. The molecule has 2 rings (SSSR count). The molecule has 1 aliphatic carbocycles. The second-order valence-electron chi connectivity index (χ2n) is 5.08. The maximum atomic E-state index is 12.2. The average molecular weight is 298 g/mol. The highest BCUT2D eigenvalue weighted by atomic mass is 35.5. The Hall–Kier alpha value is -1.26. The van der Waals surface area contributed by atoms with Crippen molar-refractivity contribution in [3.8, 4) is 5.75 Å². The van der Waals surface area contributed by atoms with E-state index >= 15 is 0 Å². The maximum absolute atomic E-state index is 12.2. The molecule has 0 heterocycles. The molecule has 110 valence electrons. The van der Waals surface area contributed by atoms with E-state index in [-0.39, 0.29) is 11.8 Å². The minimum absolute atomic E-state index is 0.168. The summed E-state index contributed by atoms with van der Waals surface area (Å²) in [6.45, 7) is 2.60. The third-order valence-corrected chi connectivity index (χ3v) is 3.71. The van der Waals surface area contributed by atoms with E-state index < -0.39 is 6.10 Å². The number of hydrogen-bond acceptors (Lipinski definition) is 3. The van der Waals surface area contributed by atoms with Gasteiger partial charge in [0.2, 0.25) is 5.91 Å². The zero-order valence-electron chi connectivity index (χ0n) is 11.6. The van der Waals surface area contributed by atoms with Crippen molar-refractivity contribution < 1.29 is 14.6 Å². The average Bonchev–Trinajstić information content (AvgIpc) is 2.84. The van der Waals surface area contributed by atoms with E-state index in [4.69, 9.17) is 16.3 Å². The Morgan fingerprint density at radius 3 is 2.95 bits per heavy atom. The van der Waals surface area contributed by atoms with Gasteiger partial charge in [0, 0.05) is 5.02 Å². The summed E-state index contributed by atoms with van der Waals surface area (Å²) in [4.78, 5) is 12.2. The summed E-state index contributed by atoms with van der Waals surface area (Å²) < 4.78 is 5.60. The molecule has 0 aliphatic heterocycles. The van der Waals surface area contributed by atoms with Gasteiger partial charge < -0.3 is 15.2 Å². The molecule has 1 amide bonds. The van der Waals surface area contributed by atoms with E-state index in [1.165, 1.54) is 0 Å². The van der Waals surface area contributed by atoms with Crippen molar-refractivity contribution in [2.24, 2.45) is 5.92 Å². The lowest BCUT2D eigenvalue weighted by atomic mass is 10.1. The van der Waals surface area contributed by atoms with E-state index in [9.17, 15) is 9.90 Å². The number of aliphatic hydroxyl groups excluding tert-OH is 1. The third-order valence-electron chi connectivity index (χ3n) is 3.48. The second-order valence-corrected chi connectivity index (χ2v) is 5.52. The lowest BCUT2D eigenvalue weighted by molar-refractivity contribution is -0.122. The highest BCUT2D eigenvalue weighted by Crippen LogP contribution is 2.31. The maximum Gasteiger partial charge on any atom is 0.230 e. The third kappa shape index (κ3) is 3.64. The first-order chi connectivity index (χ1) is 9.61. The molecule has 2 atom stereocenters. The van der Waals surface area contributed by atoms with Gasteiger partial charge in [-0.05, 0) is 43.9 Å². The topological polar surface area (TPSA) is 58.6 Å². The summed E-state index contributed by atoms with van der Waals surface area (Å²) in [7, 11) is 0. The van der Waals surface area contributed by atoms with E-state index in [0.29, 0.717) is 29.5 Å². The fraction of sp³-hybridized carbons (Fsp3) is 0.533. The van der Waals surface area contributed by atoms with E-state index in [0.717, 1.165) is 19.3 Å². The smallest absolute Gasteiger partial charge is 0.230 e. The number of anilines is 1. The lowest BCUT2D eigenvalue weighted by Crippen LogP contribution is -2.28. The molecular formula is C15H20ClNO3. The summed E-state index contributed by atoms with van der Waals surface area (Å²) in [6.07, 6.45) is 2.63. The number of carbonyl (C=O) groups excluding carboxylic acids is 1. The van der Waals surface area contributed by atoms with Gasteiger partial charge in [0.1, 0.15) is 5.75 Å². The Balaban J connectivity index is 2.10. The first-order valence-corrected chi connectivity index (χ1v) is 7.41. The van der Waals surface area contributed by atoms with Crippen LogP contribution >= 0.6 is 11.6 Å². The van der Waals surface area contributed by atoms with Crippen LogP contribution in [-0.2, 0) is 4.79 Å². The zero-order valence-corrected chi connectivity index (χ0v) is 12.3. The molecule has 5 heteroatoms. The molecule has 1 aliphatic rings. The minimum atomic E-state index is -0.547. The SMILES string of the molecule is CCCOc1ccc(Cl)cc1NC(=O)C1CCCC1O. The van der Waals surface area contributed by atoms with Crippen LogP contribution in [0.3, 0.4) is 0 Å². The number of hydrogen-bond donors (Lipinski definition) is 2. The Labute approximate surface area is 124 Å². The van der Waals surface area contributed by atoms with Gasteiger partial charge >= 0.3 is 0 Å². The van der Waals surface area contributed by atoms with Gasteiger partial charge in [0.15, 0.2) is 0 Å². The van der Waals surface area contributed by atoms with Gasteiger partial charge in [-0.3, -0.25) is 4.79 Å². The number of amides is 1. The molecule has 20 heavy (non-hydrogen) atoms. The zero-order chi connectivity index (χ0) is 14.5. The van der Waals surface area contributed by atoms with Crippen LogP contribution in [0.2, 0.25) is 5.02 Å². The van der Waals surface area contributed by atoms with Crippen LogP contribution in [0.5, 0.6) is 5.75 Å². The molecule has 1 aromatic carbocycles. The first kappa shape index (κ1) is 15.1. The predicted octanol–water partition coefficient (Wildman–Crippen LogP) is 3.23. The van der Waals surface area contributed by atoms with Crippen LogP contribution in [0, 0.1) is 5.92 Å². The Bertz CT molecular complexity index is 478. The van der Waals surface area contributed by atoms with Crippen LogP contribution < -0.4 is 10.1 Å². The van der Waals surface area contributed by atoms with E-state index in [2.05, 4.69) is 5.32 Å². The molecule has 2 N–H and O–H groups in total. The van der Waals surface area contributed by atoms with Gasteiger partial charge in [-0.2, -0.15) is 0 Å². The number of aliphatic hydroxyl groups is 1. The fourth-order valence-electron chi connectivity index (χ4n) is 2.41. The van der Waals surface area contributed by atoms with E-state index in [1.807, 2.05) is 6.92 Å². The molecular weight excluding hydrogens is 278 g/mol. The summed E-state index contributed by atoms with van der Waals surface area (Å²) >= 11 is 5.97. The van der Waals surface area contributed by atoms with Gasteiger partial charge in [-0.1, -0.05) is 18.5 Å². The number of benzene rings is 1. The normalized spacial score (nSPS) is 21.8. The van der Waals surface area contributed by atoms with Crippen LogP contribution in [0.15, 0.2) is 18.2 Å². The quantitative estimate of drug-likeness (QED) is 0.877. The highest BCUT2D eigenvalue weighted by Gasteiger charge is 2.31. The second kappa shape index (κ2) is 6.95. The molecule has 0 aromatic heterocycles. The largest absolute Gasteiger partial charge is 0.491 e. The lowest BCUT2D eigenvalue weighted by Gasteiger charge is -2.17. The summed E-state index contributed by atoms with van der Waals surface area (Å²) in [5, 5.41) is 13.1.